The van der Waals surface area contributed by atoms with Crippen LogP contribution < -0.4 is 0 Å². The first-order valence-corrected chi connectivity index (χ1v) is 7.73. The van der Waals surface area contributed by atoms with Gasteiger partial charge in [-0.2, -0.15) is 5.10 Å². The van der Waals surface area contributed by atoms with Gasteiger partial charge in [0.05, 0.1) is 12.8 Å². The second kappa shape index (κ2) is 5.91. The van der Waals surface area contributed by atoms with E-state index >= 15 is 0 Å². The zero-order valence-electron chi connectivity index (χ0n) is 13.5. The minimum Gasteiger partial charge on any atom is -0.505 e. The maximum absolute atomic E-state index is 12.1. The Labute approximate surface area is 135 Å². The highest BCUT2D eigenvalue weighted by atomic mass is 16.5. The van der Waals surface area contributed by atoms with Crippen molar-refractivity contribution < 1.29 is 14.6 Å². The lowest BCUT2D eigenvalue weighted by Gasteiger charge is -2.30. The molecule has 120 valence electrons. The third-order valence-corrected chi connectivity index (χ3v) is 4.17. The molecule has 1 aromatic carbocycles. The van der Waals surface area contributed by atoms with E-state index in [9.17, 15) is 9.90 Å². The molecule has 0 radical (unpaired) electrons. The molecule has 2 aliphatic rings. The topological polar surface area (TPSA) is 62.1 Å². The number of hydrazone groups is 1. The Morgan fingerprint density at radius 2 is 2.09 bits per heavy atom. The van der Waals surface area contributed by atoms with Crippen LogP contribution in [0.2, 0.25) is 0 Å². The number of hydrogen-bond acceptors (Lipinski definition) is 5. The van der Waals surface area contributed by atoms with E-state index in [1.54, 1.807) is 13.1 Å². The summed E-state index contributed by atoms with van der Waals surface area (Å²) in [7, 11) is 1.29. The number of benzene rings is 1. The van der Waals surface area contributed by atoms with Crippen LogP contribution >= 0.6 is 0 Å². The van der Waals surface area contributed by atoms with Crippen molar-refractivity contribution >= 4 is 23.6 Å². The normalized spacial score (nSPS) is 19.4. The van der Waals surface area contributed by atoms with E-state index in [2.05, 4.69) is 11.2 Å². The Balaban J connectivity index is 2.23. The van der Waals surface area contributed by atoms with Gasteiger partial charge in [0.25, 0.3) is 0 Å². The van der Waals surface area contributed by atoms with E-state index in [-0.39, 0.29) is 11.5 Å². The lowest BCUT2D eigenvalue weighted by atomic mass is 9.93. The Morgan fingerprint density at radius 3 is 2.65 bits per heavy atom. The number of nitrogens with zero attached hydrogens (tertiary/aromatic N) is 2. The van der Waals surface area contributed by atoms with Gasteiger partial charge in [-0.25, -0.2) is 9.80 Å². The highest BCUT2D eigenvalue weighted by molar-refractivity contribution is 6.01. The number of aliphatic hydroxyl groups is 1. The summed E-state index contributed by atoms with van der Waals surface area (Å²) >= 11 is 0. The monoisotopic (exact) mass is 312 g/mol. The Morgan fingerprint density at radius 1 is 1.35 bits per heavy atom. The standard InChI is InChI=1S/C18H20N2O3/c1-4-15-14-10-12(11-6-7-11)8-9-13(14)17(21)16(18(22)23-3)20(15)19-5-2/h4-5,8-11,21H,6-7H2,1-3H3/b15-4+,19-5-. The van der Waals surface area contributed by atoms with Gasteiger partial charge in [-0.05, 0) is 44.2 Å². The van der Waals surface area contributed by atoms with Crippen LogP contribution in [0, 0.1) is 0 Å². The first-order valence-electron chi connectivity index (χ1n) is 7.73. The van der Waals surface area contributed by atoms with E-state index in [1.165, 1.54) is 30.5 Å². The average Bonchev–Trinajstić information content (AvgIpc) is 3.39. The SMILES string of the molecule is C/C=N\N1C(C(=O)OC)=C(O)c2ccc(C3CC3)cc2/C1=C\C. The minimum absolute atomic E-state index is 0.0328. The lowest BCUT2D eigenvalue weighted by Crippen LogP contribution is -2.28. The number of carbonyl (C=O) groups is 1. The first-order chi connectivity index (χ1) is 11.1. The summed E-state index contributed by atoms with van der Waals surface area (Å²) in [6.45, 7) is 3.65. The van der Waals surface area contributed by atoms with Crippen LogP contribution in [0.15, 0.2) is 35.1 Å². The van der Waals surface area contributed by atoms with Crippen molar-refractivity contribution in [2.24, 2.45) is 5.10 Å². The second-order valence-electron chi connectivity index (χ2n) is 5.63. The summed E-state index contributed by atoms with van der Waals surface area (Å²) in [4.78, 5) is 12.1. The van der Waals surface area contributed by atoms with Crippen molar-refractivity contribution in [1.29, 1.82) is 0 Å². The molecule has 5 heteroatoms. The summed E-state index contributed by atoms with van der Waals surface area (Å²) in [5, 5.41) is 16.3. The fraction of sp³-hybridized carbons (Fsp3) is 0.333. The van der Waals surface area contributed by atoms with Gasteiger partial charge in [0.15, 0.2) is 11.5 Å². The number of allylic oxidation sites excluding steroid dienone is 1. The Bertz CT molecular complexity index is 743. The van der Waals surface area contributed by atoms with Crippen LogP contribution in [0.4, 0.5) is 0 Å². The van der Waals surface area contributed by atoms with Crippen LogP contribution in [0.1, 0.15) is 49.3 Å². The van der Waals surface area contributed by atoms with Crippen molar-refractivity contribution in [1.82, 2.24) is 5.01 Å². The number of hydrogen-bond donors (Lipinski definition) is 1. The predicted molar refractivity (Wildman–Crippen MR) is 89.6 cm³/mol. The van der Waals surface area contributed by atoms with Gasteiger partial charge in [0.1, 0.15) is 0 Å². The molecule has 1 aliphatic carbocycles. The van der Waals surface area contributed by atoms with Gasteiger partial charge >= 0.3 is 5.97 Å². The lowest BCUT2D eigenvalue weighted by molar-refractivity contribution is -0.137. The van der Waals surface area contributed by atoms with Crippen molar-refractivity contribution in [2.75, 3.05) is 7.11 Å². The van der Waals surface area contributed by atoms with E-state index in [4.69, 9.17) is 4.74 Å². The molecule has 23 heavy (non-hydrogen) atoms. The summed E-state index contributed by atoms with van der Waals surface area (Å²) in [5.41, 5.74) is 3.57. The molecule has 5 nitrogen and oxygen atoms in total. The Kier molecular flexibility index (Phi) is 3.94. The van der Waals surface area contributed by atoms with Crippen LogP contribution in [-0.2, 0) is 9.53 Å². The summed E-state index contributed by atoms with van der Waals surface area (Å²) in [6, 6.07) is 5.98. The smallest absolute Gasteiger partial charge is 0.360 e. The van der Waals surface area contributed by atoms with Crippen molar-refractivity contribution in [3.63, 3.8) is 0 Å². The molecule has 1 N–H and O–H groups in total. The van der Waals surface area contributed by atoms with Gasteiger partial charge < -0.3 is 9.84 Å². The summed E-state index contributed by atoms with van der Waals surface area (Å²) < 4.78 is 4.82. The predicted octanol–water partition coefficient (Wildman–Crippen LogP) is 3.65. The molecule has 0 aromatic heterocycles. The molecule has 0 unspecified atom stereocenters. The van der Waals surface area contributed by atoms with E-state index in [1.807, 2.05) is 25.1 Å². The summed E-state index contributed by atoms with van der Waals surface area (Å²) in [6.07, 6.45) is 5.87. The zero-order valence-corrected chi connectivity index (χ0v) is 13.5. The quantitative estimate of drug-likeness (QED) is 0.683. The molecule has 1 fully saturated rings. The van der Waals surface area contributed by atoms with Crippen molar-refractivity contribution in [3.8, 4) is 0 Å². The van der Waals surface area contributed by atoms with Crippen LogP contribution in [0.25, 0.3) is 11.5 Å². The third-order valence-electron chi connectivity index (χ3n) is 4.17. The third kappa shape index (κ3) is 2.52. The maximum atomic E-state index is 12.1. The molecule has 1 heterocycles. The number of methoxy groups -OCH3 is 1. The number of carbonyl (C=O) groups excluding carboxylic acids is 1. The fourth-order valence-electron chi connectivity index (χ4n) is 2.91. The molecule has 0 spiro atoms. The minimum atomic E-state index is -0.621. The van der Waals surface area contributed by atoms with Crippen molar-refractivity contribution in [3.05, 3.63) is 46.7 Å². The van der Waals surface area contributed by atoms with E-state index < -0.39 is 5.97 Å². The molecule has 1 aliphatic heterocycles. The average molecular weight is 312 g/mol. The molecular weight excluding hydrogens is 292 g/mol. The van der Waals surface area contributed by atoms with Crippen LogP contribution in [0.3, 0.4) is 0 Å². The molecule has 0 atom stereocenters. The molecule has 0 saturated heterocycles. The number of fused-ring (bicyclic) bond motifs is 1. The zero-order chi connectivity index (χ0) is 16.6. The molecular formula is C18H20N2O3. The number of rotatable bonds is 3. The van der Waals surface area contributed by atoms with Gasteiger partial charge in [-0.15, -0.1) is 0 Å². The molecule has 3 rings (SSSR count). The second-order valence-corrected chi connectivity index (χ2v) is 5.63. The molecule has 0 amide bonds. The maximum Gasteiger partial charge on any atom is 0.360 e. The van der Waals surface area contributed by atoms with Crippen molar-refractivity contribution in [2.45, 2.75) is 32.6 Å². The Hall–Kier alpha value is -2.56. The van der Waals surface area contributed by atoms with Crippen LogP contribution in [0.5, 0.6) is 0 Å². The highest BCUT2D eigenvalue weighted by Gasteiger charge is 2.34. The van der Waals surface area contributed by atoms with Gasteiger partial charge in [0.2, 0.25) is 0 Å². The molecule has 1 aromatic rings. The fourth-order valence-corrected chi connectivity index (χ4v) is 2.91. The van der Waals surface area contributed by atoms with Gasteiger partial charge in [-0.1, -0.05) is 18.2 Å². The van der Waals surface area contributed by atoms with Crippen LogP contribution in [-0.4, -0.2) is 29.4 Å². The number of ether oxygens (including phenoxy) is 1. The van der Waals surface area contributed by atoms with Gasteiger partial charge in [-0.3, -0.25) is 0 Å². The summed E-state index contributed by atoms with van der Waals surface area (Å²) in [5.74, 6) is -0.121. The van der Waals surface area contributed by atoms with E-state index in [0.29, 0.717) is 11.5 Å². The number of esters is 1. The molecule has 0 bridgehead atoms. The molecule has 1 saturated carbocycles. The number of aliphatic hydroxyl groups excluding tert-OH is 1. The largest absolute Gasteiger partial charge is 0.505 e. The van der Waals surface area contributed by atoms with Gasteiger partial charge in [0, 0.05) is 17.3 Å². The highest BCUT2D eigenvalue weighted by Crippen LogP contribution is 2.44. The van der Waals surface area contributed by atoms with E-state index in [0.717, 1.165) is 11.3 Å². The first kappa shape index (κ1) is 15.3.